The van der Waals surface area contributed by atoms with Crippen molar-refractivity contribution in [2.45, 2.75) is 6.42 Å². The van der Waals surface area contributed by atoms with Gasteiger partial charge in [0, 0.05) is 0 Å². The molecule has 2 fully saturated rings. The fraction of sp³-hybridized carbons (Fsp3) is 0.375. The first-order chi connectivity index (χ1) is 9.70. The maximum absolute atomic E-state index is 12.6. The van der Waals surface area contributed by atoms with Crippen molar-refractivity contribution in [2.24, 2.45) is 23.7 Å². The molecule has 4 rings (SSSR count). The van der Waals surface area contributed by atoms with Crippen molar-refractivity contribution in [3.63, 3.8) is 0 Å². The number of ether oxygens (including phenoxy) is 1. The van der Waals surface area contributed by atoms with Crippen LogP contribution in [0.5, 0.6) is 5.75 Å². The minimum atomic E-state index is -0.139. The molecule has 1 saturated carbocycles. The van der Waals surface area contributed by atoms with E-state index in [0.717, 1.165) is 12.2 Å². The summed E-state index contributed by atoms with van der Waals surface area (Å²) in [5, 5.41) is 0. The van der Waals surface area contributed by atoms with Gasteiger partial charge in [-0.2, -0.15) is 0 Å². The number of carbonyl (C=O) groups is 2. The maximum atomic E-state index is 12.6. The summed E-state index contributed by atoms with van der Waals surface area (Å²) in [5.74, 6) is 0.868. The van der Waals surface area contributed by atoms with Crippen molar-refractivity contribution in [1.82, 2.24) is 0 Å². The lowest BCUT2D eigenvalue weighted by molar-refractivity contribution is -0.123. The van der Waals surface area contributed by atoms with Crippen LogP contribution >= 0.6 is 0 Å². The Balaban J connectivity index is 1.70. The van der Waals surface area contributed by atoms with Crippen LogP contribution in [0.1, 0.15) is 6.42 Å². The Labute approximate surface area is 117 Å². The van der Waals surface area contributed by atoms with Crippen LogP contribution in [0.25, 0.3) is 0 Å². The number of carbonyl (C=O) groups excluding carboxylic acids is 2. The molecule has 1 aliphatic heterocycles. The molecule has 20 heavy (non-hydrogen) atoms. The minimum Gasteiger partial charge on any atom is -0.497 e. The number of anilines is 1. The van der Waals surface area contributed by atoms with E-state index >= 15 is 0 Å². The summed E-state index contributed by atoms with van der Waals surface area (Å²) >= 11 is 0. The van der Waals surface area contributed by atoms with Gasteiger partial charge in [0.25, 0.3) is 0 Å². The Morgan fingerprint density at radius 2 is 1.55 bits per heavy atom. The molecule has 4 atom stereocenters. The van der Waals surface area contributed by atoms with Gasteiger partial charge in [-0.3, -0.25) is 14.5 Å². The van der Waals surface area contributed by atoms with Gasteiger partial charge in [0.05, 0.1) is 24.6 Å². The maximum Gasteiger partial charge on any atom is 0.238 e. The number of amides is 2. The van der Waals surface area contributed by atoms with Crippen molar-refractivity contribution in [2.75, 3.05) is 12.0 Å². The summed E-state index contributed by atoms with van der Waals surface area (Å²) in [6.45, 7) is 0. The van der Waals surface area contributed by atoms with Crippen LogP contribution < -0.4 is 9.64 Å². The highest BCUT2D eigenvalue weighted by molar-refractivity contribution is 6.22. The summed E-state index contributed by atoms with van der Waals surface area (Å²) in [4.78, 5) is 26.5. The van der Waals surface area contributed by atoms with Gasteiger partial charge < -0.3 is 4.74 Å². The molecule has 0 unspecified atom stereocenters. The molecule has 0 aromatic heterocycles. The highest BCUT2D eigenvalue weighted by Crippen LogP contribution is 2.53. The van der Waals surface area contributed by atoms with E-state index < -0.39 is 0 Å². The van der Waals surface area contributed by atoms with E-state index in [-0.39, 0.29) is 35.5 Å². The van der Waals surface area contributed by atoms with Gasteiger partial charge in [-0.1, -0.05) is 12.2 Å². The Bertz CT molecular complexity index is 589. The Kier molecular flexibility index (Phi) is 2.31. The number of rotatable bonds is 2. The number of allylic oxidation sites excluding steroid dienone is 2. The smallest absolute Gasteiger partial charge is 0.238 e. The average molecular weight is 269 g/mol. The third-order valence-corrected chi connectivity index (χ3v) is 4.80. The number of hydrogen-bond acceptors (Lipinski definition) is 3. The molecule has 1 aromatic carbocycles. The number of imide groups is 1. The number of methoxy groups -OCH3 is 1. The second kappa shape index (κ2) is 3.95. The van der Waals surface area contributed by atoms with Crippen LogP contribution in [0.4, 0.5) is 5.69 Å². The van der Waals surface area contributed by atoms with Gasteiger partial charge in [-0.15, -0.1) is 0 Å². The molecule has 4 heteroatoms. The highest BCUT2D eigenvalue weighted by Gasteiger charge is 2.59. The molecule has 4 nitrogen and oxygen atoms in total. The van der Waals surface area contributed by atoms with Gasteiger partial charge in [0.15, 0.2) is 0 Å². The quantitative estimate of drug-likeness (QED) is 0.609. The lowest BCUT2D eigenvalue weighted by Crippen LogP contribution is -2.32. The first-order valence-corrected chi connectivity index (χ1v) is 6.91. The summed E-state index contributed by atoms with van der Waals surface area (Å²) in [7, 11) is 1.59. The lowest BCUT2D eigenvalue weighted by Gasteiger charge is -2.17. The van der Waals surface area contributed by atoms with Gasteiger partial charge in [0.1, 0.15) is 5.75 Å². The zero-order valence-electron chi connectivity index (χ0n) is 11.2. The first kappa shape index (κ1) is 11.7. The van der Waals surface area contributed by atoms with Crippen LogP contribution in [0.15, 0.2) is 36.4 Å². The summed E-state index contributed by atoms with van der Waals surface area (Å²) in [6.07, 6.45) is 5.17. The van der Waals surface area contributed by atoms with Crippen molar-refractivity contribution in [3.05, 3.63) is 36.4 Å². The number of hydrogen-bond donors (Lipinski definition) is 0. The third kappa shape index (κ3) is 1.36. The van der Waals surface area contributed by atoms with Gasteiger partial charge in [0.2, 0.25) is 11.8 Å². The molecule has 1 aromatic rings. The monoisotopic (exact) mass is 269 g/mol. The summed E-state index contributed by atoms with van der Waals surface area (Å²) in [6, 6.07) is 7.09. The number of nitrogens with zero attached hydrogens (tertiary/aromatic N) is 1. The molecular formula is C16H15NO3. The van der Waals surface area contributed by atoms with Crippen LogP contribution in [0, 0.1) is 23.7 Å². The van der Waals surface area contributed by atoms with Crippen molar-refractivity contribution in [3.8, 4) is 5.75 Å². The number of benzene rings is 1. The van der Waals surface area contributed by atoms with E-state index in [1.165, 1.54) is 4.90 Å². The lowest BCUT2D eigenvalue weighted by atomic mass is 9.85. The van der Waals surface area contributed by atoms with Crippen LogP contribution in [0.3, 0.4) is 0 Å². The van der Waals surface area contributed by atoms with Gasteiger partial charge in [-0.05, 0) is 42.5 Å². The second-order valence-corrected chi connectivity index (χ2v) is 5.71. The third-order valence-electron chi connectivity index (χ3n) is 4.80. The fourth-order valence-electron chi connectivity index (χ4n) is 3.89. The molecule has 2 bridgehead atoms. The predicted octanol–water partition coefficient (Wildman–Crippen LogP) is 2.01. The molecule has 2 aliphatic carbocycles. The summed E-state index contributed by atoms with van der Waals surface area (Å²) < 4.78 is 5.11. The van der Waals surface area contributed by atoms with E-state index in [1.54, 1.807) is 31.4 Å². The average Bonchev–Trinajstić information content (AvgIpc) is 3.14. The minimum absolute atomic E-state index is 0.0398. The Hall–Kier alpha value is -2.10. The van der Waals surface area contributed by atoms with E-state index in [0.29, 0.717) is 5.69 Å². The molecule has 2 amide bonds. The zero-order chi connectivity index (χ0) is 13.9. The van der Waals surface area contributed by atoms with Crippen molar-refractivity contribution < 1.29 is 14.3 Å². The van der Waals surface area contributed by atoms with E-state index in [9.17, 15) is 9.59 Å². The topological polar surface area (TPSA) is 46.6 Å². The van der Waals surface area contributed by atoms with Gasteiger partial charge in [-0.25, -0.2) is 0 Å². The fourth-order valence-corrected chi connectivity index (χ4v) is 3.89. The van der Waals surface area contributed by atoms with Crippen LogP contribution in [0.2, 0.25) is 0 Å². The Morgan fingerprint density at radius 3 is 2.05 bits per heavy atom. The first-order valence-electron chi connectivity index (χ1n) is 6.91. The van der Waals surface area contributed by atoms with Crippen molar-refractivity contribution >= 4 is 17.5 Å². The SMILES string of the molecule is COc1ccc(N2C(=O)[C@H]3[C@H](C2=O)[C@@H]2C=C[C@@H]3C2)cc1. The second-order valence-electron chi connectivity index (χ2n) is 5.71. The predicted molar refractivity (Wildman–Crippen MR) is 73.2 cm³/mol. The van der Waals surface area contributed by atoms with Gasteiger partial charge >= 0.3 is 0 Å². The molecule has 0 radical (unpaired) electrons. The molecule has 3 aliphatic rings. The molecular weight excluding hydrogens is 254 g/mol. The summed E-state index contributed by atoms with van der Waals surface area (Å²) in [5.41, 5.74) is 0.648. The standard InChI is InChI=1S/C16H15NO3/c1-20-12-6-4-11(5-7-12)17-15(18)13-9-2-3-10(8-9)14(13)16(17)19/h2-7,9-10,13-14H,8H2,1H3/t9-,10-,13-,14-/m1/s1. The number of fused-ring (bicyclic) bond motifs is 5. The molecule has 1 heterocycles. The van der Waals surface area contributed by atoms with E-state index in [1.807, 2.05) is 0 Å². The molecule has 102 valence electrons. The highest BCUT2D eigenvalue weighted by atomic mass is 16.5. The zero-order valence-corrected chi connectivity index (χ0v) is 11.2. The van der Waals surface area contributed by atoms with E-state index in [2.05, 4.69) is 12.2 Å². The molecule has 0 spiro atoms. The van der Waals surface area contributed by atoms with E-state index in [4.69, 9.17) is 4.74 Å². The largest absolute Gasteiger partial charge is 0.497 e. The van der Waals surface area contributed by atoms with Crippen LogP contribution in [-0.2, 0) is 9.59 Å². The Morgan fingerprint density at radius 1 is 1.00 bits per heavy atom. The molecule has 0 N–H and O–H groups in total. The van der Waals surface area contributed by atoms with Crippen LogP contribution in [-0.4, -0.2) is 18.9 Å². The normalized spacial score (nSPS) is 34.0. The molecule has 1 saturated heterocycles. The van der Waals surface area contributed by atoms with Crippen molar-refractivity contribution in [1.29, 1.82) is 0 Å².